The summed E-state index contributed by atoms with van der Waals surface area (Å²) in [5.41, 5.74) is 0. The molecule has 0 fully saturated rings. The summed E-state index contributed by atoms with van der Waals surface area (Å²) in [6.45, 7) is 3.67. The third-order valence-electron chi connectivity index (χ3n) is 2.42. The highest BCUT2D eigenvalue weighted by Gasteiger charge is 2.17. The average Bonchev–Trinajstić information content (AvgIpc) is 2.77. The molecule has 1 atom stereocenters. The van der Waals surface area contributed by atoms with Crippen LogP contribution in [0.4, 0.5) is 0 Å². The van der Waals surface area contributed by atoms with Crippen LogP contribution in [-0.4, -0.2) is 32.5 Å². The van der Waals surface area contributed by atoms with Crippen molar-refractivity contribution in [3.63, 3.8) is 0 Å². The number of nitrogens with one attached hydrogen (secondary N) is 1. The van der Waals surface area contributed by atoms with Crippen molar-refractivity contribution < 1.29 is 17.6 Å². The van der Waals surface area contributed by atoms with Crippen LogP contribution in [0.3, 0.4) is 0 Å². The minimum atomic E-state index is -3.60. The predicted octanol–water partition coefficient (Wildman–Crippen LogP) is 0.915. The van der Waals surface area contributed by atoms with Gasteiger partial charge in [-0.25, -0.2) is 17.9 Å². The van der Waals surface area contributed by atoms with E-state index in [0.29, 0.717) is 6.42 Å². The fraction of sp³-hybridized carbons (Fsp3) is 0.500. The quantitative estimate of drug-likeness (QED) is 0.369. The van der Waals surface area contributed by atoms with Gasteiger partial charge in [-0.15, -0.1) is 0 Å². The van der Waals surface area contributed by atoms with Crippen molar-refractivity contribution >= 4 is 16.2 Å². The molecule has 0 aliphatic heterocycles. The van der Waals surface area contributed by atoms with Crippen LogP contribution in [0.25, 0.3) is 0 Å². The lowest BCUT2D eigenvalue weighted by atomic mass is 10.3. The first kappa shape index (κ1) is 13.7. The molecular weight excluding hydrogens is 244 g/mol. The number of hydrogen-bond donors (Lipinski definition) is 1. The summed E-state index contributed by atoms with van der Waals surface area (Å²) in [5, 5.41) is 11.3. The number of nitrogens with zero attached hydrogens (tertiary/aromatic N) is 1. The Morgan fingerprint density at radius 3 is 2.76 bits per heavy atom. The summed E-state index contributed by atoms with van der Waals surface area (Å²) < 4.78 is 30.7. The molecule has 1 aromatic heterocycles. The van der Waals surface area contributed by atoms with Crippen LogP contribution in [0.1, 0.15) is 26.0 Å². The lowest BCUT2D eigenvalue weighted by Crippen LogP contribution is -2.18. The average molecular weight is 260 g/mol. The van der Waals surface area contributed by atoms with Crippen molar-refractivity contribution in [2.75, 3.05) is 7.05 Å². The van der Waals surface area contributed by atoms with Crippen molar-refractivity contribution in [3.05, 3.63) is 23.1 Å². The van der Waals surface area contributed by atoms with Gasteiger partial charge in [-0.05, 0) is 26.1 Å². The molecule has 0 spiro atoms. The molecule has 96 valence electrons. The molecule has 17 heavy (non-hydrogen) atoms. The van der Waals surface area contributed by atoms with E-state index in [2.05, 4.69) is 4.72 Å². The van der Waals surface area contributed by atoms with E-state index in [1.807, 2.05) is 6.92 Å². The van der Waals surface area contributed by atoms with Crippen molar-refractivity contribution in [1.82, 2.24) is 4.72 Å². The van der Waals surface area contributed by atoms with Gasteiger partial charge in [-0.3, -0.25) is 0 Å². The van der Waals surface area contributed by atoms with Gasteiger partial charge in [0.05, 0.1) is 0 Å². The molecule has 1 unspecified atom stereocenters. The van der Waals surface area contributed by atoms with Gasteiger partial charge in [0.1, 0.15) is 0 Å². The second-order valence-corrected chi connectivity index (χ2v) is 5.43. The van der Waals surface area contributed by atoms with Crippen molar-refractivity contribution in [2.45, 2.75) is 31.4 Å². The predicted molar refractivity (Wildman–Crippen MR) is 63.5 cm³/mol. The Labute approximate surface area is 101 Å². The van der Waals surface area contributed by atoms with Crippen molar-refractivity contribution in [1.29, 1.82) is 0 Å². The van der Waals surface area contributed by atoms with Gasteiger partial charge in [-0.1, -0.05) is 6.92 Å². The minimum Gasteiger partial charge on any atom is -0.624 e. The Morgan fingerprint density at radius 2 is 2.24 bits per heavy atom. The number of hydrogen-bond acceptors (Lipinski definition) is 4. The van der Waals surface area contributed by atoms with Gasteiger partial charge in [0.25, 0.3) is 10.0 Å². The van der Waals surface area contributed by atoms with E-state index >= 15 is 0 Å². The summed E-state index contributed by atoms with van der Waals surface area (Å²) in [5.74, 6) is 0.217. The van der Waals surface area contributed by atoms with Crippen LogP contribution in [0.15, 0.2) is 21.6 Å². The van der Waals surface area contributed by atoms with Crippen LogP contribution < -0.4 is 4.72 Å². The summed E-state index contributed by atoms with van der Waals surface area (Å²) >= 11 is 0. The van der Waals surface area contributed by atoms with Crippen LogP contribution in [0.5, 0.6) is 0 Å². The molecule has 1 aromatic rings. The molecule has 0 radical (unpaired) electrons. The van der Waals surface area contributed by atoms with Crippen LogP contribution in [0.2, 0.25) is 0 Å². The highest BCUT2D eigenvalue weighted by molar-refractivity contribution is 7.89. The van der Waals surface area contributed by atoms with Gasteiger partial charge in [0.2, 0.25) is 11.3 Å². The van der Waals surface area contributed by atoms with E-state index in [4.69, 9.17) is 4.42 Å². The second-order valence-electron chi connectivity index (χ2n) is 3.61. The maximum atomic E-state index is 11.5. The molecule has 0 saturated carbocycles. The zero-order valence-corrected chi connectivity index (χ0v) is 10.8. The van der Waals surface area contributed by atoms with Gasteiger partial charge in [-0.2, -0.15) is 0 Å². The highest BCUT2D eigenvalue weighted by atomic mass is 32.2. The largest absolute Gasteiger partial charge is 0.624 e. The fourth-order valence-electron chi connectivity index (χ4n) is 1.08. The lowest BCUT2D eigenvalue weighted by molar-refractivity contribution is -0.492. The molecule has 0 aliphatic rings. The second kappa shape index (κ2) is 5.33. The fourth-order valence-corrected chi connectivity index (χ4v) is 1.74. The van der Waals surface area contributed by atoms with Gasteiger partial charge < -0.3 is 9.62 Å². The smallest absolute Gasteiger partial charge is 0.273 e. The molecule has 1 heterocycles. The Morgan fingerprint density at radius 1 is 1.59 bits per heavy atom. The van der Waals surface area contributed by atoms with E-state index in [9.17, 15) is 13.6 Å². The molecule has 1 rings (SSSR count). The zero-order chi connectivity index (χ0) is 13.1. The van der Waals surface area contributed by atoms with Crippen molar-refractivity contribution in [2.24, 2.45) is 0 Å². The van der Waals surface area contributed by atoms with Crippen molar-refractivity contribution in [3.8, 4) is 0 Å². The first-order valence-corrected chi connectivity index (χ1v) is 6.72. The van der Waals surface area contributed by atoms with E-state index in [1.54, 1.807) is 6.92 Å². The topological polar surface area (TPSA) is 85.4 Å². The molecule has 0 aromatic carbocycles. The Balaban J connectivity index is 2.97. The van der Waals surface area contributed by atoms with Crippen LogP contribution in [0, 0.1) is 5.21 Å². The molecule has 0 saturated heterocycles. The maximum absolute atomic E-state index is 11.5. The highest BCUT2D eigenvalue weighted by Crippen LogP contribution is 2.12. The van der Waals surface area contributed by atoms with E-state index in [1.165, 1.54) is 25.4 Å². The van der Waals surface area contributed by atoms with E-state index < -0.39 is 10.0 Å². The zero-order valence-electron chi connectivity index (χ0n) is 10.0. The Kier molecular flexibility index (Phi) is 4.30. The Bertz CT molecular complexity index is 504. The number of furan rings is 1. The molecular formula is C10H16N2O4S. The number of hydroxylamine groups is 1. The summed E-state index contributed by atoms with van der Waals surface area (Å²) in [7, 11) is -2.30. The summed E-state index contributed by atoms with van der Waals surface area (Å²) in [6.07, 6.45) is 1.94. The SMILES string of the molecule is CCC(C)[N+]([O-])=Cc1ccc(S(=O)(=O)NC)o1. The monoisotopic (exact) mass is 260 g/mol. The summed E-state index contributed by atoms with van der Waals surface area (Å²) in [4.78, 5) is 0. The Hall–Kier alpha value is -1.34. The number of sulfonamides is 1. The van der Waals surface area contributed by atoms with Crippen LogP contribution >= 0.6 is 0 Å². The molecule has 1 N–H and O–H groups in total. The molecule has 6 nitrogen and oxygen atoms in total. The van der Waals surface area contributed by atoms with Gasteiger partial charge in [0, 0.05) is 6.42 Å². The number of rotatable bonds is 5. The third kappa shape index (κ3) is 3.31. The normalized spacial score (nSPS) is 14.9. The molecule has 0 amide bonds. The standard InChI is InChI=1S/C10H16N2O4S/c1-4-8(2)12(13)7-9-5-6-10(16-9)17(14,15)11-3/h5-8,11H,4H2,1-3H3. The maximum Gasteiger partial charge on any atom is 0.273 e. The van der Waals surface area contributed by atoms with Crippen LogP contribution in [-0.2, 0) is 10.0 Å². The van der Waals surface area contributed by atoms with E-state index in [0.717, 1.165) is 4.74 Å². The lowest BCUT2D eigenvalue weighted by Gasteiger charge is -2.08. The van der Waals surface area contributed by atoms with E-state index in [-0.39, 0.29) is 16.9 Å². The summed E-state index contributed by atoms with van der Waals surface area (Å²) in [6, 6.07) is 2.57. The minimum absolute atomic E-state index is 0.176. The van der Waals surface area contributed by atoms with Gasteiger partial charge in [0.15, 0.2) is 11.8 Å². The molecule has 0 bridgehead atoms. The first-order valence-electron chi connectivity index (χ1n) is 5.24. The third-order valence-corrected chi connectivity index (χ3v) is 3.70. The molecule has 7 heteroatoms. The molecule has 0 aliphatic carbocycles. The first-order chi connectivity index (χ1) is 7.90. The van der Waals surface area contributed by atoms with Gasteiger partial charge >= 0.3 is 0 Å².